The quantitative estimate of drug-likeness (QED) is 0.584. The Morgan fingerprint density at radius 2 is 2.00 bits per heavy atom. The van der Waals surface area contributed by atoms with Crippen molar-refractivity contribution in [2.24, 2.45) is 0 Å². The third-order valence-electron chi connectivity index (χ3n) is 3.06. The number of hydrogen-bond donors (Lipinski definition) is 2. The van der Waals surface area contributed by atoms with E-state index in [-0.39, 0.29) is 0 Å². The zero-order valence-corrected chi connectivity index (χ0v) is 15.0. The van der Waals surface area contributed by atoms with Gasteiger partial charge < -0.3 is 15.4 Å². The lowest BCUT2D eigenvalue weighted by molar-refractivity contribution is 0.417. The van der Waals surface area contributed by atoms with Crippen LogP contribution in [0.1, 0.15) is 5.56 Å². The van der Waals surface area contributed by atoms with Crippen LogP contribution in [0.25, 0.3) is 0 Å². The molecule has 0 saturated heterocycles. The molecule has 2 aromatic rings. The van der Waals surface area contributed by atoms with Crippen molar-refractivity contribution < 1.29 is 4.74 Å². The van der Waals surface area contributed by atoms with Gasteiger partial charge in [0.1, 0.15) is 5.75 Å². The van der Waals surface area contributed by atoms with Crippen LogP contribution in [0.2, 0.25) is 5.02 Å². The summed E-state index contributed by atoms with van der Waals surface area (Å²) < 4.78 is 5.33. The molecule has 0 atom stereocenters. The Morgan fingerprint density at radius 1 is 1.23 bits per heavy atom. The highest BCUT2D eigenvalue weighted by Gasteiger charge is 2.08. The van der Waals surface area contributed by atoms with Crippen molar-refractivity contribution in [2.45, 2.75) is 11.8 Å². The summed E-state index contributed by atoms with van der Waals surface area (Å²) >= 11 is 13.2. The summed E-state index contributed by atoms with van der Waals surface area (Å²) in [6.07, 6.45) is 2.04. The molecule has 2 aromatic carbocycles. The van der Waals surface area contributed by atoms with E-state index in [1.165, 1.54) is 4.90 Å². The summed E-state index contributed by atoms with van der Waals surface area (Å²) in [5.41, 5.74) is 2.68. The smallest absolute Gasteiger partial charge is 0.175 e. The molecule has 0 aromatic heterocycles. The molecule has 0 aliphatic carbocycles. The molecule has 2 rings (SSSR count). The van der Waals surface area contributed by atoms with Crippen molar-refractivity contribution >= 4 is 52.1 Å². The molecular weight excluding hydrogens is 336 g/mol. The van der Waals surface area contributed by atoms with E-state index < -0.39 is 0 Å². The first-order valence-corrected chi connectivity index (χ1v) is 8.60. The molecule has 0 bridgehead atoms. The standard InChI is InChI=1S/C16H17ClN2OS2/c1-10-7-14(15(20-2)9-13(10)17)19-16(21)18-11-5-4-6-12(8-11)22-3/h4-9H,1-3H3,(H2,18,19,21). The first kappa shape index (κ1) is 16.9. The fourth-order valence-corrected chi connectivity index (χ4v) is 2.76. The van der Waals surface area contributed by atoms with E-state index >= 15 is 0 Å². The number of aryl methyl sites for hydroxylation is 1. The van der Waals surface area contributed by atoms with Gasteiger partial charge in [0.25, 0.3) is 0 Å². The maximum absolute atomic E-state index is 6.11. The highest BCUT2D eigenvalue weighted by Crippen LogP contribution is 2.31. The van der Waals surface area contributed by atoms with Gasteiger partial charge in [0.2, 0.25) is 0 Å². The van der Waals surface area contributed by atoms with Crippen molar-refractivity contribution in [2.75, 3.05) is 24.0 Å². The third kappa shape index (κ3) is 4.29. The van der Waals surface area contributed by atoms with E-state index in [0.29, 0.717) is 15.9 Å². The molecule has 0 amide bonds. The Balaban J connectivity index is 2.13. The minimum Gasteiger partial charge on any atom is -0.495 e. The normalized spacial score (nSPS) is 10.2. The SMILES string of the molecule is COc1cc(Cl)c(C)cc1NC(=S)Nc1cccc(SC)c1. The Hall–Kier alpha value is -1.43. The van der Waals surface area contributed by atoms with Crippen molar-refractivity contribution in [3.63, 3.8) is 0 Å². The number of rotatable bonds is 4. The van der Waals surface area contributed by atoms with Gasteiger partial charge in [-0.15, -0.1) is 11.8 Å². The van der Waals surface area contributed by atoms with Crippen LogP contribution in [0.5, 0.6) is 5.75 Å². The van der Waals surface area contributed by atoms with Crippen LogP contribution in [0.4, 0.5) is 11.4 Å². The first-order valence-electron chi connectivity index (χ1n) is 6.59. The van der Waals surface area contributed by atoms with Crippen LogP contribution >= 0.6 is 35.6 Å². The molecule has 2 N–H and O–H groups in total. The summed E-state index contributed by atoms with van der Waals surface area (Å²) in [6, 6.07) is 11.7. The van der Waals surface area contributed by atoms with Gasteiger partial charge in [-0.05, 0) is 55.2 Å². The van der Waals surface area contributed by atoms with Crippen LogP contribution < -0.4 is 15.4 Å². The second-order valence-electron chi connectivity index (χ2n) is 4.61. The molecule has 6 heteroatoms. The lowest BCUT2D eigenvalue weighted by atomic mass is 10.2. The number of ether oxygens (including phenoxy) is 1. The highest BCUT2D eigenvalue weighted by molar-refractivity contribution is 7.98. The lowest BCUT2D eigenvalue weighted by Crippen LogP contribution is -2.19. The Morgan fingerprint density at radius 3 is 2.68 bits per heavy atom. The molecule has 0 aliphatic heterocycles. The zero-order chi connectivity index (χ0) is 16.1. The number of hydrogen-bond acceptors (Lipinski definition) is 3. The van der Waals surface area contributed by atoms with E-state index in [0.717, 1.165) is 16.9 Å². The molecule has 0 unspecified atom stereocenters. The van der Waals surface area contributed by atoms with Gasteiger partial charge in [0.15, 0.2) is 5.11 Å². The van der Waals surface area contributed by atoms with Crippen molar-refractivity contribution in [3.05, 3.63) is 47.0 Å². The Labute approximate surface area is 145 Å². The average Bonchev–Trinajstić information content (AvgIpc) is 2.50. The number of thioether (sulfide) groups is 1. The van der Waals surface area contributed by atoms with E-state index in [4.69, 9.17) is 28.6 Å². The van der Waals surface area contributed by atoms with Crippen LogP contribution in [0, 0.1) is 6.92 Å². The monoisotopic (exact) mass is 352 g/mol. The van der Waals surface area contributed by atoms with E-state index in [1.807, 2.05) is 37.4 Å². The van der Waals surface area contributed by atoms with Crippen LogP contribution in [0.15, 0.2) is 41.3 Å². The molecule has 3 nitrogen and oxygen atoms in total. The van der Waals surface area contributed by atoms with E-state index in [1.54, 1.807) is 24.9 Å². The summed E-state index contributed by atoms with van der Waals surface area (Å²) in [6.45, 7) is 1.94. The number of halogens is 1. The Kier molecular flexibility index (Phi) is 5.94. The number of methoxy groups -OCH3 is 1. The van der Waals surface area contributed by atoms with Crippen molar-refractivity contribution in [1.82, 2.24) is 0 Å². The minimum atomic E-state index is 0.498. The maximum atomic E-state index is 6.11. The van der Waals surface area contributed by atoms with Gasteiger partial charge in [-0.1, -0.05) is 17.7 Å². The molecule has 0 fully saturated rings. The fraction of sp³-hybridized carbons (Fsp3) is 0.188. The lowest BCUT2D eigenvalue weighted by Gasteiger charge is -2.15. The summed E-state index contributed by atoms with van der Waals surface area (Å²) in [7, 11) is 1.60. The van der Waals surface area contributed by atoms with Gasteiger partial charge in [-0.25, -0.2) is 0 Å². The predicted molar refractivity (Wildman–Crippen MR) is 101 cm³/mol. The number of benzene rings is 2. The van der Waals surface area contributed by atoms with E-state index in [9.17, 15) is 0 Å². The number of nitrogens with one attached hydrogen (secondary N) is 2. The molecule has 0 heterocycles. The molecule has 0 spiro atoms. The van der Waals surface area contributed by atoms with Gasteiger partial charge in [0.05, 0.1) is 12.8 Å². The first-order chi connectivity index (χ1) is 10.5. The molecular formula is C16H17ClN2OS2. The molecule has 22 heavy (non-hydrogen) atoms. The molecule has 116 valence electrons. The van der Waals surface area contributed by atoms with Crippen molar-refractivity contribution in [1.29, 1.82) is 0 Å². The van der Waals surface area contributed by atoms with E-state index in [2.05, 4.69) is 16.7 Å². The third-order valence-corrected chi connectivity index (χ3v) is 4.39. The summed E-state index contributed by atoms with van der Waals surface area (Å²) in [5, 5.41) is 7.47. The summed E-state index contributed by atoms with van der Waals surface area (Å²) in [5.74, 6) is 0.651. The van der Waals surface area contributed by atoms with Gasteiger partial charge in [-0.2, -0.15) is 0 Å². The van der Waals surface area contributed by atoms with Crippen molar-refractivity contribution in [3.8, 4) is 5.75 Å². The molecule has 0 radical (unpaired) electrons. The molecule has 0 saturated carbocycles. The fourth-order valence-electron chi connectivity index (χ4n) is 1.92. The molecule has 0 aliphatic rings. The van der Waals surface area contributed by atoms with Crippen LogP contribution in [-0.4, -0.2) is 18.5 Å². The van der Waals surface area contributed by atoms with Gasteiger partial charge >= 0.3 is 0 Å². The second kappa shape index (κ2) is 7.72. The van der Waals surface area contributed by atoms with Gasteiger partial charge in [0, 0.05) is 21.7 Å². The maximum Gasteiger partial charge on any atom is 0.175 e. The largest absolute Gasteiger partial charge is 0.495 e. The Bertz CT molecular complexity index is 692. The van der Waals surface area contributed by atoms with Crippen LogP contribution in [0.3, 0.4) is 0 Å². The van der Waals surface area contributed by atoms with Gasteiger partial charge in [-0.3, -0.25) is 0 Å². The summed E-state index contributed by atoms with van der Waals surface area (Å²) in [4.78, 5) is 1.17. The topological polar surface area (TPSA) is 33.3 Å². The minimum absolute atomic E-state index is 0.498. The second-order valence-corrected chi connectivity index (χ2v) is 6.31. The number of anilines is 2. The highest BCUT2D eigenvalue weighted by atomic mass is 35.5. The number of thiocarbonyl (C=S) groups is 1. The average molecular weight is 353 g/mol. The van der Waals surface area contributed by atoms with Crippen LogP contribution in [-0.2, 0) is 0 Å². The predicted octanol–water partition coefficient (Wildman–Crippen LogP) is 5.19. The zero-order valence-electron chi connectivity index (χ0n) is 12.6.